The van der Waals surface area contributed by atoms with Gasteiger partial charge in [-0.05, 0) is 18.3 Å². The molecule has 2 atom stereocenters. The summed E-state index contributed by atoms with van der Waals surface area (Å²) in [6, 6.07) is 0.205. The summed E-state index contributed by atoms with van der Waals surface area (Å²) in [4.78, 5) is 11.8. The van der Waals surface area contributed by atoms with E-state index in [1.54, 1.807) is 0 Å². The normalized spacial score (nSPS) is 15.5. The molecule has 0 aliphatic heterocycles. The van der Waals surface area contributed by atoms with Crippen molar-refractivity contribution in [1.29, 1.82) is 0 Å². The third kappa shape index (κ3) is 5.41. The lowest BCUT2D eigenvalue weighted by Crippen LogP contribution is -2.42. The highest BCUT2D eigenvalue weighted by Crippen LogP contribution is 2.13. The molecule has 0 bridgehead atoms. The van der Waals surface area contributed by atoms with Crippen molar-refractivity contribution < 1.29 is 4.79 Å². The van der Waals surface area contributed by atoms with Crippen molar-refractivity contribution in [2.75, 3.05) is 5.88 Å². The van der Waals surface area contributed by atoms with Gasteiger partial charge in [0.2, 0.25) is 5.91 Å². The maximum atomic E-state index is 11.8. The molecule has 0 rings (SSSR count). The number of halogens is 1. The molecule has 0 aliphatic rings. The highest BCUT2D eigenvalue weighted by Gasteiger charge is 2.21. The third-order valence-corrected chi connectivity index (χ3v) is 3.18. The third-order valence-electron chi connectivity index (χ3n) is 2.97. The Labute approximate surface area is 98.8 Å². The van der Waals surface area contributed by atoms with E-state index in [-0.39, 0.29) is 17.9 Å². The van der Waals surface area contributed by atoms with Crippen molar-refractivity contribution in [3.63, 3.8) is 0 Å². The van der Waals surface area contributed by atoms with Gasteiger partial charge in [0, 0.05) is 17.8 Å². The van der Waals surface area contributed by atoms with Crippen LogP contribution in [-0.2, 0) is 4.79 Å². The van der Waals surface area contributed by atoms with Gasteiger partial charge in [-0.15, -0.1) is 11.6 Å². The molecule has 15 heavy (non-hydrogen) atoms. The van der Waals surface area contributed by atoms with Crippen LogP contribution in [0.25, 0.3) is 0 Å². The first kappa shape index (κ1) is 14.8. The van der Waals surface area contributed by atoms with Crippen molar-refractivity contribution in [3.05, 3.63) is 0 Å². The number of alkyl halides is 1. The van der Waals surface area contributed by atoms with Crippen LogP contribution in [0.4, 0.5) is 0 Å². The standard InChI is InChI=1S/C12H24ClNO/c1-8(2)10(5)12(15)14-11(6-7-13)9(3)4/h8-11H,6-7H2,1-5H3,(H,14,15). The summed E-state index contributed by atoms with van der Waals surface area (Å²) in [6.45, 7) is 10.3. The number of carbonyl (C=O) groups is 1. The molecule has 0 aromatic carbocycles. The molecule has 0 fully saturated rings. The van der Waals surface area contributed by atoms with Gasteiger partial charge in [0.1, 0.15) is 0 Å². The van der Waals surface area contributed by atoms with E-state index in [9.17, 15) is 4.79 Å². The van der Waals surface area contributed by atoms with Crippen LogP contribution in [0.2, 0.25) is 0 Å². The summed E-state index contributed by atoms with van der Waals surface area (Å²) in [5.41, 5.74) is 0. The van der Waals surface area contributed by atoms with Gasteiger partial charge in [-0.2, -0.15) is 0 Å². The van der Waals surface area contributed by atoms with E-state index in [0.29, 0.717) is 17.7 Å². The molecule has 0 aromatic heterocycles. The number of amides is 1. The number of hydrogen-bond donors (Lipinski definition) is 1. The highest BCUT2D eigenvalue weighted by atomic mass is 35.5. The Hall–Kier alpha value is -0.240. The minimum absolute atomic E-state index is 0.0709. The van der Waals surface area contributed by atoms with E-state index < -0.39 is 0 Å². The molecule has 0 spiro atoms. The van der Waals surface area contributed by atoms with Crippen molar-refractivity contribution in [3.8, 4) is 0 Å². The van der Waals surface area contributed by atoms with Crippen LogP contribution in [0.15, 0.2) is 0 Å². The van der Waals surface area contributed by atoms with Crippen LogP contribution in [0, 0.1) is 17.8 Å². The second kappa shape index (κ2) is 7.10. The Morgan fingerprint density at radius 1 is 1.13 bits per heavy atom. The summed E-state index contributed by atoms with van der Waals surface area (Å²) in [6.07, 6.45) is 0.843. The lowest BCUT2D eigenvalue weighted by molar-refractivity contribution is -0.126. The number of rotatable bonds is 6. The first-order chi connectivity index (χ1) is 6.90. The Morgan fingerprint density at radius 3 is 2.00 bits per heavy atom. The van der Waals surface area contributed by atoms with Gasteiger partial charge < -0.3 is 5.32 Å². The number of carbonyl (C=O) groups excluding carboxylic acids is 1. The van der Waals surface area contributed by atoms with Crippen LogP contribution in [0.1, 0.15) is 41.0 Å². The molecule has 2 unspecified atom stereocenters. The number of nitrogens with one attached hydrogen (secondary N) is 1. The average molecular weight is 234 g/mol. The van der Waals surface area contributed by atoms with Crippen molar-refractivity contribution >= 4 is 17.5 Å². The molecule has 0 saturated carbocycles. The van der Waals surface area contributed by atoms with Crippen LogP contribution >= 0.6 is 11.6 Å². The smallest absolute Gasteiger partial charge is 0.223 e. The molecule has 3 heteroatoms. The fourth-order valence-electron chi connectivity index (χ4n) is 1.31. The molecular formula is C12H24ClNO. The van der Waals surface area contributed by atoms with E-state index >= 15 is 0 Å². The molecule has 0 heterocycles. The molecule has 1 N–H and O–H groups in total. The zero-order valence-electron chi connectivity index (χ0n) is 10.5. The largest absolute Gasteiger partial charge is 0.353 e. The summed E-state index contributed by atoms with van der Waals surface area (Å²) in [5, 5.41) is 3.08. The maximum Gasteiger partial charge on any atom is 0.223 e. The summed E-state index contributed by atoms with van der Waals surface area (Å²) in [5.74, 6) is 1.63. The quantitative estimate of drug-likeness (QED) is 0.702. The summed E-state index contributed by atoms with van der Waals surface area (Å²) in [7, 11) is 0. The van der Waals surface area contributed by atoms with Gasteiger partial charge in [-0.25, -0.2) is 0 Å². The van der Waals surface area contributed by atoms with Crippen LogP contribution in [0.3, 0.4) is 0 Å². The van der Waals surface area contributed by atoms with Crippen LogP contribution < -0.4 is 5.32 Å². The summed E-state index contributed by atoms with van der Waals surface area (Å²) >= 11 is 5.71. The first-order valence-corrected chi connectivity index (χ1v) is 6.29. The zero-order valence-corrected chi connectivity index (χ0v) is 11.3. The monoisotopic (exact) mass is 233 g/mol. The molecule has 1 amide bonds. The van der Waals surface area contributed by atoms with Gasteiger partial charge in [0.05, 0.1) is 0 Å². The van der Waals surface area contributed by atoms with E-state index in [1.165, 1.54) is 0 Å². The zero-order chi connectivity index (χ0) is 12.0. The predicted molar refractivity (Wildman–Crippen MR) is 66.1 cm³/mol. The predicted octanol–water partition coefficient (Wildman–Crippen LogP) is 3.05. The maximum absolute atomic E-state index is 11.8. The van der Waals surface area contributed by atoms with Crippen LogP contribution in [0.5, 0.6) is 0 Å². The van der Waals surface area contributed by atoms with Gasteiger partial charge in [0.15, 0.2) is 0 Å². The minimum atomic E-state index is 0.0709. The topological polar surface area (TPSA) is 29.1 Å². The van der Waals surface area contributed by atoms with Crippen molar-refractivity contribution in [2.24, 2.45) is 17.8 Å². The highest BCUT2D eigenvalue weighted by molar-refractivity contribution is 6.17. The lowest BCUT2D eigenvalue weighted by Gasteiger charge is -2.24. The Kier molecular flexibility index (Phi) is 6.99. The molecule has 0 aromatic rings. The fraction of sp³-hybridized carbons (Fsp3) is 0.917. The number of hydrogen-bond acceptors (Lipinski definition) is 1. The van der Waals surface area contributed by atoms with E-state index in [2.05, 4.69) is 33.0 Å². The average Bonchev–Trinajstić information content (AvgIpc) is 2.15. The van der Waals surface area contributed by atoms with E-state index in [0.717, 1.165) is 6.42 Å². The van der Waals surface area contributed by atoms with E-state index in [1.807, 2.05) is 6.92 Å². The second-order valence-electron chi connectivity index (χ2n) is 4.87. The second-order valence-corrected chi connectivity index (χ2v) is 5.25. The fourth-order valence-corrected chi connectivity index (χ4v) is 1.54. The van der Waals surface area contributed by atoms with E-state index in [4.69, 9.17) is 11.6 Å². The Balaban J connectivity index is 4.22. The first-order valence-electron chi connectivity index (χ1n) is 5.76. The molecular weight excluding hydrogens is 210 g/mol. The Bertz CT molecular complexity index is 192. The van der Waals surface area contributed by atoms with Gasteiger partial charge in [0.25, 0.3) is 0 Å². The molecule has 2 nitrogen and oxygen atoms in total. The van der Waals surface area contributed by atoms with Gasteiger partial charge >= 0.3 is 0 Å². The van der Waals surface area contributed by atoms with Crippen molar-refractivity contribution in [2.45, 2.75) is 47.1 Å². The Morgan fingerprint density at radius 2 is 1.67 bits per heavy atom. The minimum Gasteiger partial charge on any atom is -0.353 e. The molecule has 0 radical (unpaired) electrons. The van der Waals surface area contributed by atoms with Crippen molar-refractivity contribution in [1.82, 2.24) is 5.32 Å². The molecule has 0 saturated heterocycles. The molecule has 0 aliphatic carbocycles. The summed E-state index contributed by atoms with van der Waals surface area (Å²) < 4.78 is 0. The SMILES string of the molecule is CC(C)C(CCCl)NC(=O)C(C)C(C)C. The van der Waals surface area contributed by atoms with Gasteiger partial charge in [-0.3, -0.25) is 4.79 Å². The van der Waals surface area contributed by atoms with Gasteiger partial charge in [-0.1, -0.05) is 34.6 Å². The lowest BCUT2D eigenvalue weighted by atomic mass is 9.95. The van der Waals surface area contributed by atoms with Crippen LogP contribution in [-0.4, -0.2) is 17.8 Å². The molecule has 90 valence electrons.